The normalized spacial score (nSPS) is 19.4. The van der Waals surface area contributed by atoms with E-state index in [1.54, 1.807) is 13.8 Å². The predicted octanol–water partition coefficient (Wildman–Crippen LogP) is 1.60. The number of cyclic esters (lactones) is 1. The monoisotopic (exact) mass is 286 g/mol. The van der Waals surface area contributed by atoms with E-state index in [1.165, 1.54) is 13.8 Å². The zero-order valence-electron chi connectivity index (χ0n) is 12.6. The Morgan fingerprint density at radius 2 is 1.85 bits per heavy atom. The fourth-order valence-electron chi connectivity index (χ4n) is 1.41. The predicted molar refractivity (Wildman–Crippen MR) is 69.7 cm³/mol. The van der Waals surface area contributed by atoms with Crippen LogP contribution in [0.15, 0.2) is 0 Å². The Bertz CT molecular complexity index is 410. The van der Waals surface area contributed by atoms with Crippen molar-refractivity contribution in [1.82, 2.24) is 0 Å². The summed E-state index contributed by atoms with van der Waals surface area (Å²) in [6.07, 6.45) is 0.0326. The van der Waals surface area contributed by atoms with Gasteiger partial charge in [0.05, 0.1) is 11.8 Å². The van der Waals surface area contributed by atoms with Gasteiger partial charge < -0.3 is 14.2 Å². The third-order valence-corrected chi connectivity index (χ3v) is 3.37. The van der Waals surface area contributed by atoms with Gasteiger partial charge in [-0.05, 0) is 34.1 Å². The maximum atomic E-state index is 12.0. The molecule has 0 aromatic rings. The van der Waals surface area contributed by atoms with Gasteiger partial charge in [-0.3, -0.25) is 9.59 Å². The van der Waals surface area contributed by atoms with E-state index in [1.807, 2.05) is 6.92 Å². The van der Waals surface area contributed by atoms with Crippen molar-refractivity contribution in [2.45, 2.75) is 59.2 Å². The first-order chi connectivity index (χ1) is 9.08. The number of hydrogen-bond donors (Lipinski definition) is 0. The van der Waals surface area contributed by atoms with Gasteiger partial charge >= 0.3 is 17.9 Å². The van der Waals surface area contributed by atoms with Crippen molar-refractivity contribution in [2.75, 3.05) is 6.61 Å². The van der Waals surface area contributed by atoms with Crippen LogP contribution in [0.5, 0.6) is 0 Å². The Morgan fingerprint density at radius 3 is 2.30 bits per heavy atom. The van der Waals surface area contributed by atoms with Gasteiger partial charge in [0.25, 0.3) is 0 Å². The van der Waals surface area contributed by atoms with E-state index in [2.05, 4.69) is 0 Å². The Hall–Kier alpha value is -1.59. The fourth-order valence-corrected chi connectivity index (χ4v) is 1.41. The van der Waals surface area contributed by atoms with E-state index in [9.17, 15) is 14.4 Å². The van der Waals surface area contributed by atoms with Crippen LogP contribution in [0.3, 0.4) is 0 Å². The first kappa shape index (κ1) is 16.5. The molecule has 1 fully saturated rings. The van der Waals surface area contributed by atoms with Crippen molar-refractivity contribution in [2.24, 2.45) is 5.41 Å². The summed E-state index contributed by atoms with van der Waals surface area (Å²) in [7, 11) is 0. The molecule has 1 aliphatic heterocycles. The van der Waals surface area contributed by atoms with Gasteiger partial charge in [-0.25, -0.2) is 4.79 Å². The number of carbonyl (C=O) groups is 3. The quantitative estimate of drug-likeness (QED) is 0.564. The maximum absolute atomic E-state index is 12.0. The number of carbonyl (C=O) groups excluding carboxylic acids is 3. The lowest BCUT2D eigenvalue weighted by molar-refractivity contribution is -0.187. The summed E-state index contributed by atoms with van der Waals surface area (Å²) in [6.45, 7) is 8.36. The van der Waals surface area contributed by atoms with Crippen LogP contribution >= 0.6 is 0 Å². The van der Waals surface area contributed by atoms with Crippen LogP contribution in [0.2, 0.25) is 0 Å². The van der Waals surface area contributed by atoms with Crippen LogP contribution < -0.4 is 0 Å². The number of ether oxygens (including phenoxy) is 3. The molecule has 20 heavy (non-hydrogen) atoms. The molecule has 0 N–H and O–H groups in total. The van der Waals surface area contributed by atoms with Crippen molar-refractivity contribution >= 4 is 17.9 Å². The first-order valence-corrected chi connectivity index (χ1v) is 6.68. The van der Waals surface area contributed by atoms with Gasteiger partial charge in [-0.15, -0.1) is 0 Å². The fraction of sp³-hybridized carbons (Fsp3) is 0.786. The highest BCUT2D eigenvalue weighted by Gasteiger charge is 2.40. The summed E-state index contributed by atoms with van der Waals surface area (Å²) in [5.41, 5.74) is -2.06. The van der Waals surface area contributed by atoms with Crippen molar-refractivity contribution in [3.8, 4) is 0 Å². The summed E-state index contributed by atoms with van der Waals surface area (Å²) < 4.78 is 15.1. The van der Waals surface area contributed by atoms with E-state index >= 15 is 0 Å². The van der Waals surface area contributed by atoms with Gasteiger partial charge in [0.1, 0.15) is 12.7 Å². The molecule has 0 amide bonds. The zero-order valence-corrected chi connectivity index (χ0v) is 12.6. The lowest BCUT2D eigenvalue weighted by Crippen LogP contribution is -2.43. The smallest absolute Gasteiger partial charge is 0.350 e. The minimum absolute atomic E-state index is 0.0379. The number of hydrogen-bond acceptors (Lipinski definition) is 6. The highest BCUT2D eigenvalue weighted by molar-refractivity contribution is 5.85. The van der Waals surface area contributed by atoms with Crippen LogP contribution in [-0.4, -0.2) is 36.2 Å². The second kappa shape index (κ2) is 5.81. The Labute approximate surface area is 118 Å². The van der Waals surface area contributed by atoms with E-state index in [0.717, 1.165) is 0 Å². The number of esters is 3. The van der Waals surface area contributed by atoms with Crippen LogP contribution in [0, 0.1) is 5.41 Å². The molecule has 0 spiro atoms. The number of rotatable bonds is 5. The SMILES string of the molecule is CCC(C)(C)C(=O)OC(C)(C)C(=O)OC1COC(=O)C1. The molecule has 1 heterocycles. The molecule has 114 valence electrons. The average Bonchev–Trinajstić information content (AvgIpc) is 2.74. The van der Waals surface area contributed by atoms with Crippen molar-refractivity contribution < 1.29 is 28.6 Å². The molecule has 0 bridgehead atoms. The molecule has 1 unspecified atom stereocenters. The molecular weight excluding hydrogens is 264 g/mol. The third-order valence-electron chi connectivity index (χ3n) is 3.37. The second-order valence-corrected chi connectivity index (χ2v) is 6.05. The van der Waals surface area contributed by atoms with Crippen molar-refractivity contribution in [3.63, 3.8) is 0 Å². The Balaban J connectivity index is 2.61. The van der Waals surface area contributed by atoms with Crippen LogP contribution in [0.1, 0.15) is 47.5 Å². The van der Waals surface area contributed by atoms with Gasteiger partial charge in [0.15, 0.2) is 0 Å². The third kappa shape index (κ3) is 3.95. The van der Waals surface area contributed by atoms with Crippen molar-refractivity contribution in [1.29, 1.82) is 0 Å². The lowest BCUT2D eigenvalue weighted by atomic mass is 9.90. The molecule has 6 nitrogen and oxygen atoms in total. The molecule has 0 aliphatic carbocycles. The standard InChI is InChI=1S/C14H22O6/c1-6-13(2,3)11(16)20-14(4,5)12(17)19-9-7-10(15)18-8-9/h9H,6-8H2,1-5H3. The highest BCUT2D eigenvalue weighted by Crippen LogP contribution is 2.26. The molecule has 0 saturated carbocycles. The Kier molecular flexibility index (Phi) is 4.78. The summed E-state index contributed by atoms with van der Waals surface area (Å²) in [5.74, 6) is -1.54. The summed E-state index contributed by atoms with van der Waals surface area (Å²) in [4.78, 5) is 34.9. The highest BCUT2D eigenvalue weighted by atomic mass is 16.6. The summed E-state index contributed by atoms with van der Waals surface area (Å²) >= 11 is 0. The summed E-state index contributed by atoms with van der Waals surface area (Å²) in [5, 5.41) is 0. The molecular formula is C14H22O6. The van der Waals surface area contributed by atoms with Gasteiger partial charge in [0.2, 0.25) is 5.60 Å². The van der Waals surface area contributed by atoms with Crippen LogP contribution in [0.25, 0.3) is 0 Å². The topological polar surface area (TPSA) is 78.9 Å². The molecule has 1 aliphatic rings. The molecule has 6 heteroatoms. The largest absolute Gasteiger partial charge is 0.462 e. The molecule has 0 radical (unpaired) electrons. The minimum atomic E-state index is -1.39. The van der Waals surface area contributed by atoms with Crippen LogP contribution in [-0.2, 0) is 28.6 Å². The van der Waals surface area contributed by atoms with Crippen LogP contribution in [0.4, 0.5) is 0 Å². The lowest BCUT2D eigenvalue weighted by Gasteiger charge is -2.29. The Morgan fingerprint density at radius 1 is 1.25 bits per heavy atom. The van der Waals surface area contributed by atoms with Gasteiger partial charge in [0, 0.05) is 0 Å². The molecule has 1 rings (SSSR count). The van der Waals surface area contributed by atoms with Gasteiger partial charge in [-0.1, -0.05) is 6.92 Å². The maximum Gasteiger partial charge on any atom is 0.350 e. The molecule has 0 aromatic carbocycles. The van der Waals surface area contributed by atoms with Gasteiger partial charge in [-0.2, -0.15) is 0 Å². The minimum Gasteiger partial charge on any atom is -0.462 e. The van der Waals surface area contributed by atoms with E-state index in [-0.39, 0.29) is 13.0 Å². The van der Waals surface area contributed by atoms with E-state index < -0.39 is 35.0 Å². The first-order valence-electron chi connectivity index (χ1n) is 6.68. The van der Waals surface area contributed by atoms with Crippen molar-refractivity contribution in [3.05, 3.63) is 0 Å². The zero-order chi connectivity index (χ0) is 15.6. The van der Waals surface area contributed by atoms with E-state index in [4.69, 9.17) is 14.2 Å². The second-order valence-electron chi connectivity index (χ2n) is 6.05. The molecule has 1 atom stereocenters. The average molecular weight is 286 g/mol. The summed E-state index contributed by atoms with van der Waals surface area (Å²) in [6, 6.07) is 0. The molecule has 0 aromatic heterocycles. The van der Waals surface area contributed by atoms with E-state index in [0.29, 0.717) is 6.42 Å². The molecule has 1 saturated heterocycles.